The molecule has 0 atom stereocenters. The second kappa shape index (κ2) is 6.45. The van der Waals surface area contributed by atoms with Crippen LogP contribution in [-0.4, -0.2) is 39.9 Å². The molecule has 1 fully saturated rings. The normalized spacial score (nSPS) is 14.4. The molecule has 1 aliphatic rings. The lowest BCUT2D eigenvalue weighted by Gasteiger charge is -2.12. The van der Waals surface area contributed by atoms with Crippen LogP contribution in [0.15, 0.2) is 29.6 Å². The number of thiazole rings is 1. The van der Waals surface area contributed by atoms with Crippen molar-refractivity contribution in [2.24, 2.45) is 0 Å². The van der Waals surface area contributed by atoms with Gasteiger partial charge in [0, 0.05) is 23.2 Å². The minimum atomic E-state index is -0.305. The molecule has 0 saturated carbocycles. The Labute approximate surface area is 134 Å². The first-order valence-corrected chi connectivity index (χ1v) is 8.41. The summed E-state index contributed by atoms with van der Waals surface area (Å²) in [6, 6.07) is 6.00. The Morgan fingerprint density at radius 2 is 2.14 bits per heavy atom. The lowest BCUT2D eigenvalue weighted by atomic mass is 10.2. The summed E-state index contributed by atoms with van der Waals surface area (Å²) < 4.78 is 12.9. The molecular weight excluding hydrogens is 325 g/mol. The predicted octanol–water partition coefficient (Wildman–Crippen LogP) is 3.06. The van der Waals surface area contributed by atoms with E-state index in [2.05, 4.69) is 10.3 Å². The van der Waals surface area contributed by atoms with Crippen LogP contribution in [0.2, 0.25) is 0 Å². The molecule has 1 aromatic carbocycles. The fourth-order valence-corrected chi connectivity index (χ4v) is 3.55. The number of rotatable bonds is 4. The van der Waals surface area contributed by atoms with Crippen molar-refractivity contribution < 1.29 is 14.0 Å². The van der Waals surface area contributed by atoms with Crippen molar-refractivity contribution >= 4 is 39.4 Å². The molecule has 2 amide bonds. The van der Waals surface area contributed by atoms with Crippen molar-refractivity contribution in [3.63, 3.8) is 0 Å². The number of aromatic nitrogens is 1. The minimum Gasteiger partial charge on any atom is -0.323 e. The van der Waals surface area contributed by atoms with Crippen LogP contribution in [0.5, 0.6) is 0 Å². The lowest BCUT2D eigenvalue weighted by Crippen LogP contribution is -2.33. The number of hydrogen-bond acceptors (Lipinski definition) is 5. The van der Waals surface area contributed by atoms with Crippen molar-refractivity contribution in [2.45, 2.75) is 0 Å². The maximum absolute atomic E-state index is 12.9. The predicted molar refractivity (Wildman–Crippen MR) is 85.6 cm³/mol. The molecule has 1 saturated heterocycles. The van der Waals surface area contributed by atoms with Gasteiger partial charge in [0.2, 0.25) is 5.91 Å². The van der Waals surface area contributed by atoms with E-state index in [0.717, 1.165) is 11.3 Å². The van der Waals surface area contributed by atoms with E-state index < -0.39 is 0 Å². The number of carbonyl (C=O) groups excluding carboxylic acids is 2. The van der Waals surface area contributed by atoms with Gasteiger partial charge in [0.25, 0.3) is 5.24 Å². The zero-order valence-corrected chi connectivity index (χ0v) is 13.0. The lowest BCUT2D eigenvalue weighted by molar-refractivity contribution is -0.116. The van der Waals surface area contributed by atoms with Gasteiger partial charge in [-0.15, -0.1) is 11.3 Å². The second-order valence-corrected chi connectivity index (χ2v) is 6.53. The van der Waals surface area contributed by atoms with E-state index in [9.17, 15) is 14.0 Å². The van der Waals surface area contributed by atoms with Crippen LogP contribution in [0.25, 0.3) is 11.3 Å². The minimum absolute atomic E-state index is 0.0390. The van der Waals surface area contributed by atoms with Crippen LogP contribution >= 0.6 is 23.1 Å². The number of nitrogens with zero attached hydrogens (tertiary/aromatic N) is 2. The van der Waals surface area contributed by atoms with Crippen LogP contribution < -0.4 is 5.32 Å². The molecule has 1 aliphatic heterocycles. The summed E-state index contributed by atoms with van der Waals surface area (Å²) in [5.74, 6) is 0.148. The molecule has 0 spiro atoms. The average molecular weight is 337 g/mol. The number of amides is 2. The quantitative estimate of drug-likeness (QED) is 0.931. The molecule has 2 heterocycles. The summed E-state index contributed by atoms with van der Waals surface area (Å²) in [6.45, 7) is 0.632. The number of carbonyl (C=O) groups is 2. The zero-order valence-electron chi connectivity index (χ0n) is 11.4. The van der Waals surface area contributed by atoms with Gasteiger partial charge in [-0.1, -0.05) is 11.8 Å². The first-order valence-electron chi connectivity index (χ1n) is 6.55. The van der Waals surface area contributed by atoms with E-state index in [1.54, 1.807) is 17.5 Å². The molecule has 0 bridgehead atoms. The summed E-state index contributed by atoms with van der Waals surface area (Å²) in [6.07, 6.45) is 0. The van der Waals surface area contributed by atoms with E-state index in [0.29, 0.717) is 17.4 Å². The third-order valence-corrected chi connectivity index (χ3v) is 4.72. The first-order chi connectivity index (χ1) is 10.6. The number of hydrogen-bond donors (Lipinski definition) is 1. The molecule has 0 aliphatic carbocycles. The van der Waals surface area contributed by atoms with Crippen molar-refractivity contribution in [3.8, 4) is 11.3 Å². The standard InChI is InChI=1S/C14H12FN3O2S2/c15-10-3-1-9(2-4-10)11-8-22-13(16-11)17-12(19)7-18-5-6-21-14(18)20/h1-4,8H,5-7H2,(H,16,17,19). The monoisotopic (exact) mass is 337 g/mol. The van der Waals surface area contributed by atoms with Crippen LogP contribution in [-0.2, 0) is 4.79 Å². The van der Waals surface area contributed by atoms with Crippen molar-refractivity contribution in [2.75, 3.05) is 24.2 Å². The Bertz CT molecular complexity index is 702. The van der Waals surface area contributed by atoms with E-state index in [4.69, 9.17) is 0 Å². The van der Waals surface area contributed by atoms with Gasteiger partial charge in [-0.2, -0.15) is 0 Å². The Balaban J connectivity index is 1.62. The Morgan fingerprint density at radius 1 is 1.36 bits per heavy atom. The van der Waals surface area contributed by atoms with Crippen molar-refractivity contribution in [3.05, 3.63) is 35.5 Å². The fourth-order valence-electron chi connectivity index (χ4n) is 1.99. The van der Waals surface area contributed by atoms with E-state index in [1.165, 1.54) is 40.1 Å². The van der Waals surface area contributed by atoms with Crippen LogP contribution in [0.1, 0.15) is 0 Å². The van der Waals surface area contributed by atoms with Crippen LogP contribution in [0.4, 0.5) is 14.3 Å². The summed E-state index contributed by atoms with van der Waals surface area (Å²) >= 11 is 2.51. The summed E-state index contributed by atoms with van der Waals surface area (Å²) in [4.78, 5) is 29.2. The summed E-state index contributed by atoms with van der Waals surface area (Å²) in [5.41, 5.74) is 1.46. The van der Waals surface area contributed by atoms with Crippen LogP contribution in [0, 0.1) is 5.82 Å². The van der Waals surface area contributed by atoms with E-state index >= 15 is 0 Å². The highest BCUT2D eigenvalue weighted by molar-refractivity contribution is 8.13. The van der Waals surface area contributed by atoms with Crippen LogP contribution in [0.3, 0.4) is 0 Å². The van der Waals surface area contributed by atoms with Gasteiger partial charge in [0.15, 0.2) is 5.13 Å². The Hall–Kier alpha value is -1.93. The molecule has 3 rings (SSSR count). The van der Waals surface area contributed by atoms with Gasteiger partial charge in [-0.05, 0) is 24.3 Å². The summed E-state index contributed by atoms with van der Waals surface area (Å²) in [7, 11) is 0. The highest BCUT2D eigenvalue weighted by Gasteiger charge is 2.23. The zero-order chi connectivity index (χ0) is 15.5. The number of halogens is 1. The van der Waals surface area contributed by atoms with E-state index in [-0.39, 0.29) is 23.5 Å². The molecule has 8 heteroatoms. The molecular formula is C14H12FN3O2S2. The molecule has 114 valence electrons. The molecule has 5 nitrogen and oxygen atoms in total. The highest BCUT2D eigenvalue weighted by Crippen LogP contribution is 2.25. The number of nitrogens with one attached hydrogen (secondary N) is 1. The molecule has 1 N–H and O–H groups in total. The summed E-state index contributed by atoms with van der Waals surface area (Å²) in [5, 5.41) is 4.87. The number of benzene rings is 1. The molecule has 22 heavy (non-hydrogen) atoms. The van der Waals surface area contributed by atoms with Crippen molar-refractivity contribution in [1.29, 1.82) is 0 Å². The third kappa shape index (κ3) is 3.45. The third-order valence-electron chi connectivity index (χ3n) is 3.07. The van der Waals surface area contributed by atoms with Gasteiger partial charge in [-0.3, -0.25) is 9.59 Å². The average Bonchev–Trinajstić information content (AvgIpc) is 3.10. The number of anilines is 1. The molecule has 0 radical (unpaired) electrons. The number of thioether (sulfide) groups is 1. The SMILES string of the molecule is O=C(CN1CCSC1=O)Nc1nc(-c2ccc(F)cc2)cs1. The van der Waals surface area contributed by atoms with Gasteiger partial charge in [-0.25, -0.2) is 9.37 Å². The second-order valence-electron chi connectivity index (χ2n) is 4.63. The topological polar surface area (TPSA) is 62.3 Å². The van der Waals surface area contributed by atoms with E-state index in [1.807, 2.05) is 0 Å². The van der Waals surface area contributed by atoms with Crippen molar-refractivity contribution in [1.82, 2.24) is 9.88 Å². The molecule has 0 unspecified atom stereocenters. The largest absolute Gasteiger partial charge is 0.323 e. The van der Waals surface area contributed by atoms with Gasteiger partial charge >= 0.3 is 0 Å². The smallest absolute Gasteiger partial charge is 0.282 e. The molecule has 1 aromatic heterocycles. The highest BCUT2D eigenvalue weighted by atomic mass is 32.2. The van der Waals surface area contributed by atoms with Gasteiger partial charge < -0.3 is 10.2 Å². The molecule has 2 aromatic rings. The maximum Gasteiger partial charge on any atom is 0.282 e. The maximum atomic E-state index is 12.9. The fraction of sp³-hybridized carbons (Fsp3) is 0.214. The Morgan fingerprint density at radius 3 is 2.82 bits per heavy atom. The van der Waals surface area contributed by atoms with Gasteiger partial charge in [0.05, 0.1) is 5.69 Å². The first kappa shape index (κ1) is 15.0. The Kier molecular flexibility index (Phi) is 4.39. The van der Waals surface area contributed by atoms with Gasteiger partial charge in [0.1, 0.15) is 12.4 Å².